The molecule has 0 saturated heterocycles. The SMILES string of the molecule is CC(CNC(=O)c1cccc(OC2CCCC2)c1)CC(=O)O. The molecule has 0 heterocycles. The molecule has 2 N–H and O–H groups in total. The van der Waals surface area contributed by atoms with Crippen molar-refractivity contribution in [1.29, 1.82) is 0 Å². The average Bonchev–Trinajstić information content (AvgIpc) is 2.97. The van der Waals surface area contributed by atoms with E-state index < -0.39 is 5.97 Å². The van der Waals surface area contributed by atoms with Crippen LogP contribution in [0.4, 0.5) is 0 Å². The largest absolute Gasteiger partial charge is 0.490 e. The third-order valence-electron chi connectivity index (χ3n) is 3.84. The summed E-state index contributed by atoms with van der Waals surface area (Å²) in [4.78, 5) is 22.7. The van der Waals surface area contributed by atoms with Gasteiger partial charge in [-0.25, -0.2) is 0 Å². The zero-order valence-electron chi connectivity index (χ0n) is 12.9. The van der Waals surface area contributed by atoms with E-state index in [-0.39, 0.29) is 24.3 Å². The summed E-state index contributed by atoms with van der Waals surface area (Å²) in [5, 5.41) is 11.5. The first kappa shape index (κ1) is 16.3. The number of ether oxygens (including phenoxy) is 1. The molecule has 0 spiro atoms. The second kappa shape index (κ2) is 7.82. The van der Waals surface area contributed by atoms with E-state index in [0.717, 1.165) is 18.6 Å². The van der Waals surface area contributed by atoms with Crippen LogP contribution in [0.5, 0.6) is 5.75 Å². The minimum absolute atomic E-state index is 0.0467. The molecule has 0 radical (unpaired) electrons. The highest BCUT2D eigenvalue weighted by atomic mass is 16.5. The molecule has 1 aromatic rings. The van der Waals surface area contributed by atoms with Crippen molar-refractivity contribution >= 4 is 11.9 Å². The lowest BCUT2D eigenvalue weighted by Crippen LogP contribution is -2.29. The van der Waals surface area contributed by atoms with Gasteiger partial charge in [0.2, 0.25) is 0 Å². The number of aliphatic carboxylic acids is 1. The second-order valence-corrected chi connectivity index (χ2v) is 5.97. The Morgan fingerprint density at radius 3 is 2.77 bits per heavy atom. The minimum atomic E-state index is -0.853. The molecule has 120 valence electrons. The van der Waals surface area contributed by atoms with E-state index in [0.29, 0.717) is 12.1 Å². The van der Waals surface area contributed by atoms with Crippen LogP contribution < -0.4 is 10.1 Å². The molecule has 1 atom stereocenters. The van der Waals surface area contributed by atoms with Crippen LogP contribution >= 0.6 is 0 Å². The molecule has 0 aliphatic heterocycles. The van der Waals surface area contributed by atoms with Gasteiger partial charge in [0, 0.05) is 18.5 Å². The van der Waals surface area contributed by atoms with Crippen molar-refractivity contribution in [3.05, 3.63) is 29.8 Å². The van der Waals surface area contributed by atoms with Crippen molar-refractivity contribution in [3.8, 4) is 5.75 Å². The van der Waals surface area contributed by atoms with Gasteiger partial charge in [0.15, 0.2) is 0 Å². The van der Waals surface area contributed by atoms with Gasteiger partial charge in [0.25, 0.3) is 5.91 Å². The van der Waals surface area contributed by atoms with Gasteiger partial charge in [-0.1, -0.05) is 13.0 Å². The Hall–Kier alpha value is -2.04. The lowest BCUT2D eigenvalue weighted by Gasteiger charge is -2.14. The van der Waals surface area contributed by atoms with E-state index in [4.69, 9.17) is 9.84 Å². The van der Waals surface area contributed by atoms with Gasteiger partial charge in [-0.3, -0.25) is 9.59 Å². The normalized spacial score (nSPS) is 16.2. The predicted octanol–water partition coefficient (Wildman–Crippen LogP) is 2.85. The van der Waals surface area contributed by atoms with Crippen molar-refractivity contribution < 1.29 is 19.4 Å². The summed E-state index contributed by atoms with van der Waals surface area (Å²) >= 11 is 0. The fourth-order valence-corrected chi connectivity index (χ4v) is 2.65. The van der Waals surface area contributed by atoms with E-state index in [2.05, 4.69) is 5.32 Å². The Kier molecular flexibility index (Phi) is 5.81. The Labute approximate surface area is 130 Å². The van der Waals surface area contributed by atoms with E-state index in [1.54, 1.807) is 25.1 Å². The summed E-state index contributed by atoms with van der Waals surface area (Å²) in [5.41, 5.74) is 0.540. The Morgan fingerprint density at radius 2 is 2.09 bits per heavy atom. The average molecular weight is 305 g/mol. The van der Waals surface area contributed by atoms with Crippen molar-refractivity contribution in [1.82, 2.24) is 5.32 Å². The molecule has 1 amide bonds. The number of amides is 1. The summed E-state index contributed by atoms with van der Waals surface area (Å²) in [7, 11) is 0. The van der Waals surface area contributed by atoms with Crippen LogP contribution in [-0.4, -0.2) is 29.6 Å². The van der Waals surface area contributed by atoms with E-state index >= 15 is 0 Å². The van der Waals surface area contributed by atoms with Crippen LogP contribution in [0.2, 0.25) is 0 Å². The predicted molar refractivity (Wildman–Crippen MR) is 83.1 cm³/mol. The number of rotatable bonds is 7. The summed E-state index contributed by atoms with van der Waals surface area (Å²) in [6.45, 7) is 2.15. The first-order valence-corrected chi connectivity index (χ1v) is 7.81. The van der Waals surface area contributed by atoms with E-state index in [9.17, 15) is 9.59 Å². The zero-order chi connectivity index (χ0) is 15.9. The standard InChI is InChI=1S/C17H23NO4/c1-12(9-16(19)20)11-18-17(21)13-5-4-8-15(10-13)22-14-6-2-3-7-14/h4-5,8,10,12,14H,2-3,6-7,9,11H2,1H3,(H,18,21)(H,19,20). The first-order chi connectivity index (χ1) is 10.5. The molecule has 2 rings (SSSR count). The van der Waals surface area contributed by atoms with Gasteiger partial charge in [-0.2, -0.15) is 0 Å². The molecule has 1 fully saturated rings. The molecular weight excluding hydrogens is 282 g/mol. The van der Waals surface area contributed by atoms with Gasteiger partial charge in [0.1, 0.15) is 5.75 Å². The maximum absolute atomic E-state index is 12.1. The van der Waals surface area contributed by atoms with Crippen molar-refractivity contribution in [2.24, 2.45) is 5.92 Å². The molecule has 0 aromatic heterocycles. The van der Waals surface area contributed by atoms with E-state index in [1.165, 1.54) is 12.8 Å². The van der Waals surface area contributed by atoms with Crippen LogP contribution in [0.25, 0.3) is 0 Å². The lowest BCUT2D eigenvalue weighted by molar-refractivity contribution is -0.137. The van der Waals surface area contributed by atoms with Crippen molar-refractivity contribution in [3.63, 3.8) is 0 Å². The molecule has 0 bridgehead atoms. The third kappa shape index (κ3) is 5.06. The topological polar surface area (TPSA) is 75.6 Å². The van der Waals surface area contributed by atoms with Gasteiger partial charge in [-0.05, 0) is 49.8 Å². The Bertz CT molecular complexity index is 523. The molecule has 1 aliphatic carbocycles. The number of hydrogen-bond acceptors (Lipinski definition) is 3. The summed E-state index contributed by atoms with van der Waals surface area (Å²) in [6.07, 6.45) is 4.85. The highest BCUT2D eigenvalue weighted by Crippen LogP contribution is 2.24. The van der Waals surface area contributed by atoms with Crippen molar-refractivity contribution in [2.45, 2.75) is 45.1 Å². The Balaban J connectivity index is 1.87. The number of nitrogens with one attached hydrogen (secondary N) is 1. The number of carboxylic acids is 1. The highest BCUT2D eigenvalue weighted by Gasteiger charge is 2.17. The van der Waals surface area contributed by atoms with Gasteiger partial charge in [0.05, 0.1) is 6.10 Å². The van der Waals surface area contributed by atoms with E-state index in [1.807, 2.05) is 6.07 Å². The number of carboxylic acid groups (broad SMARTS) is 1. The smallest absolute Gasteiger partial charge is 0.303 e. The van der Waals surface area contributed by atoms with Crippen LogP contribution in [0.3, 0.4) is 0 Å². The molecule has 22 heavy (non-hydrogen) atoms. The monoisotopic (exact) mass is 305 g/mol. The molecule has 1 aliphatic rings. The molecule has 5 heteroatoms. The molecule has 5 nitrogen and oxygen atoms in total. The van der Waals surface area contributed by atoms with Crippen LogP contribution in [0.15, 0.2) is 24.3 Å². The quantitative estimate of drug-likeness (QED) is 0.812. The van der Waals surface area contributed by atoms with Crippen LogP contribution in [-0.2, 0) is 4.79 Å². The van der Waals surface area contributed by atoms with Gasteiger partial charge < -0.3 is 15.2 Å². The van der Waals surface area contributed by atoms with Crippen LogP contribution in [0, 0.1) is 5.92 Å². The number of benzene rings is 1. The molecule has 1 unspecified atom stereocenters. The third-order valence-corrected chi connectivity index (χ3v) is 3.84. The fourth-order valence-electron chi connectivity index (χ4n) is 2.65. The Morgan fingerprint density at radius 1 is 1.36 bits per heavy atom. The van der Waals surface area contributed by atoms with Gasteiger partial charge in [-0.15, -0.1) is 0 Å². The number of carbonyl (C=O) groups is 2. The maximum atomic E-state index is 12.1. The summed E-state index contributed by atoms with van der Waals surface area (Å²) in [5.74, 6) is -0.430. The highest BCUT2D eigenvalue weighted by molar-refractivity contribution is 5.94. The summed E-state index contributed by atoms with van der Waals surface area (Å²) < 4.78 is 5.89. The zero-order valence-corrected chi connectivity index (χ0v) is 12.9. The molecule has 1 saturated carbocycles. The van der Waals surface area contributed by atoms with Crippen LogP contribution in [0.1, 0.15) is 49.4 Å². The molecular formula is C17H23NO4. The maximum Gasteiger partial charge on any atom is 0.303 e. The number of carbonyl (C=O) groups excluding carboxylic acids is 1. The lowest BCUT2D eigenvalue weighted by atomic mass is 10.1. The molecule has 1 aromatic carbocycles. The van der Waals surface area contributed by atoms with Gasteiger partial charge >= 0.3 is 5.97 Å². The number of hydrogen-bond donors (Lipinski definition) is 2. The second-order valence-electron chi connectivity index (χ2n) is 5.97. The van der Waals surface area contributed by atoms with Crippen molar-refractivity contribution in [2.75, 3.05) is 6.54 Å². The fraction of sp³-hybridized carbons (Fsp3) is 0.529. The first-order valence-electron chi connectivity index (χ1n) is 7.81. The summed E-state index contributed by atoms with van der Waals surface area (Å²) in [6, 6.07) is 7.15. The minimum Gasteiger partial charge on any atom is -0.490 e.